The molecule has 1 heterocycles. The molecule has 7 heteroatoms. The summed E-state index contributed by atoms with van der Waals surface area (Å²) in [7, 11) is 0. The summed E-state index contributed by atoms with van der Waals surface area (Å²) < 4.78 is 5.37. The quantitative estimate of drug-likeness (QED) is 0.921. The van der Waals surface area contributed by atoms with Gasteiger partial charge in [-0.3, -0.25) is 9.59 Å². The standard InChI is InChI=1S/C14H15Cl2NO4/c15-10-3-4-11(16)12(6-10)21-8-13(18)17-5-1-2-9(7-17)14(19)20/h3-4,6,9H,1-2,5,7-8H2,(H,19,20). The number of likely N-dealkylation sites (tertiary alicyclic amines) is 1. The number of carbonyl (C=O) groups excluding carboxylic acids is 1. The molecule has 1 atom stereocenters. The molecule has 1 aromatic rings. The largest absolute Gasteiger partial charge is 0.482 e. The van der Waals surface area contributed by atoms with Gasteiger partial charge in [0, 0.05) is 24.2 Å². The monoisotopic (exact) mass is 331 g/mol. The van der Waals surface area contributed by atoms with E-state index in [9.17, 15) is 9.59 Å². The summed E-state index contributed by atoms with van der Waals surface area (Å²) in [5.74, 6) is -1.29. The number of amides is 1. The average Bonchev–Trinajstić information content (AvgIpc) is 2.48. The van der Waals surface area contributed by atoms with E-state index in [0.717, 1.165) is 0 Å². The fraction of sp³-hybridized carbons (Fsp3) is 0.429. The second kappa shape index (κ2) is 7.00. The van der Waals surface area contributed by atoms with Gasteiger partial charge in [0.05, 0.1) is 10.9 Å². The van der Waals surface area contributed by atoms with Crippen molar-refractivity contribution < 1.29 is 19.4 Å². The second-order valence-electron chi connectivity index (χ2n) is 4.88. The van der Waals surface area contributed by atoms with Crippen LogP contribution < -0.4 is 4.74 Å². The molecule has 1 saturated heterocycles. The first-order valence-corrected chi connectivity index (χ1v) is 7.31. The molecule has 0 saturated carbocycles. The normalized spacial score (nSPS) is 18.4. The second-order valence-corrected chi connectivity index (χ2v) is 5.72. The van der Waals surface area contributed by atoms with Crippen LogP contribution in [0.1, 0.15) is 12.8 Å². The van der Waals surface area contributed by atoms with Gasteiger partial charge in [0.1, 0.15) is 5.75 Å². The molecule has 1 amide bonds. The third-order valence-corrected chi connectivity index (χ3v) is 3.92. The van der Waals surface area contributed by atoms with Crippen molar-refractivity contribution in [2.45, 2.75) is 12.8 Å². The molecule has 1 N–H and O–H groups in total. The van der Waals surface area contributed by atoms with E-state index in [2.05, 4.69) is 0 Å². The molecule has 0 spiro atoms. The Morgan fingerprint density at radius 1 is 1.38 bits per heavy atom. The van der Waals surface area contributed by atoms with Gasteiger partial charge in [-0.15, -0.1) is 0 Å². The van der Waals surface area contributed by atoms with Gasteiger partial charge in [-0.2, -0.15) is 0 Å². The molecule has 1 aromatic carbocycles. The number of rotatable bonds is 4. The van der Waals surface area contributed by atoms with Crippen molar-refractivity contribution in [1.29, 1.82) is 0 Å². The van der Waals surface area contributed by atoms with Crippen molar-refractivity contribution in [2.75, 3.05) is 19.7 Å². The molecule has 0 aromatic heterocycles. The van der Waals surface area contributed by atoms with E-state index in [4.69, 9.17) is 33.0 Å². The fourth-order valence-corrected chi connectivity index (χ4v) is 2.56. The van der Waals surface area contributed by atoms with Gasteiger partial charge in [0.15, 0.2) is 6.61 Å². The third-order valence-electron chi connectivity index (χ3n) is 3.37. The predicted molar refractivity (Wildman–Crippen MR) is 78.9 cm³/mol. The Balaban J connectivity index is 1.92. The van der Waals surface area contributed by atoms with E-state index in [1.165, 1.54) is 11.0 Å². The number of hydrogen-bond acceptors (Lipinski definition) is 3. The molecule has 1 aliphatic rings. The van der Waals surface area contributed by atoms with E-state index >= 15 is 0 Å². The number of piperidine rings is 1. The first-order chi connectivity index (χ1) is 9.97. The van der Waals surface area contributed by atoms with Crippen LogP contribution in [0, 0.1) is 5.92 Å². The van der Waals surface area contributed by atoms with Crippen LogP contribution in [0.5, 0.6) is 5.75 Å². The number of carbonyl (C=O) groups is 2. The van der Waals surface area contributed by atoms with Gasteiger partial charge in [-0.25, -0.2) is 0 Å². The Hall–Kier alpha value is -1.46. The van der Waals surface area contributed by atoms with E-state index < -0.39 is 11.9 Å². The molecule has 1 aliphatic heterocycles. The van der Waals surface area contributed by atoms with E-state index in [1.807, 2.05) is 0 Å². The average molecular weight is 332 g/mol. The zero-order valence-corrected chi connectivity index (χ0v) is 12.7. The lowest BCUT2D eigenvalue weighted by atomic mass is 9.98. The van der Waals surface area contributed by atoms with Crippen LogP contribution in [-0.4, -0.2) is 41.6 Å². The molecule has 0 radical (unpaired) electrons. The van der Waals surface area contributed by atoms with Crippen LogP contribution in [0.2, 0.25) is 10.0 Å². The third kappa shape index (κ3) is 4.25. The molecular formula is C14H15Cl2NO4. The summed E-state index contributed by atoms with van der Waals surface area (Å²) in [5.41, 5.74) is 0. The maximum Gasteiger partial charge on any atom is 0.308 e. The first kappa shape index (κ1) is 15.9. The fourth-order valence-electron chi connectivity index (χ4n) is 2.22. The molecule has 1 fully saturated rings. The van der Waals surface area contributed by atoms with Crippen molar-refractivity contribution in [1.82, 2.24) is 4.90 Å². The Kier molecular flexibility index (Phi) is 5.31. The zero-order chi connectivity index (χ0) is 15.4. The number of benzene rings is 1. The molecule has 114 valence electrons. The minimum absolute atomic E-state index is 0.188. The van der Waals surface area contributed by atoms with Gasteiger partial charge in [-0.05, 0) is 25.0 Å². The molecule has 21 heavy (non-hydrogen) atoms. The van der Waals surface area contributed by atoms with Crippen molar-refractivity contribution in [2.24, 2.45) is 5.92 Å². The minimum Gasteiger partial charge on any atom is -0.482 e. The van der Waals surface area contributed by atoms with Crippen LogP contribution in [0.15, 0.2) is 18.2 Å². The number of hydrogen-bond donors (Lipinski definition) is 1. The van der Waals surface area contributed by atoms with E-state index in [1.54, 1.807) is 12.1 Å². The molecule has 0 bridgehead atoms. The van der Waals surface area contributed by atoms with Crippen molar-refractivity contribution in [3.8, 4) is 5.75 Å². The van der Waals surface area contributed by atoms with E-state index in [0.29, 0.717) is 35.2 Å². The lowest BCUT2D eigenvalue weighted by molar-refractivity contribution is -0.146. The number of nitrogens with zero attached hydrogens (tertiary/aromatic N) is 1. The number of ether oxygens (including phenoxy) is 1. The highest BCUT2D eigenvalue weighted by Gasteiger charge is 2.28. The summed E-state index contributed by atoms with van der Waals surface area (Å²) in [6, 6.07) is 4.75. The summed E-state index contributed by atoms with van der Waals surface area (Å²) in [6.07, 6.45) is 1.28. The van der Waals surface area contributed by atoms with Crippen LogP contribution in [-0.2, 0) is 9.59 Å². The van der Waals surface area contributed by atoms with Crippen LogP contribution in [0.4, 0.5) is 0 Å². The Morgan fingerprint density at radius 2 is 2.14 bits per heavy atom. The van der Waals surface area contributed by atoms with Crippen LogP contribution in [0.3, 0.4) is 0 Å². The molecule has 1 unspecified atom stereocenters. The van der Waals surface area contributed by atoms with Crippen molar-refractivity contribution in [3.63, 3.8) is 0 Å². The zero-order valence-electron chi connectivity index (χ0n) is 11.2. The smallest absolute Gasteiger partial charge is 0.308 e. The highest BCUT2D eigenvalue weighted by atomic mass is 35.5. The topological polar surface area (TPSA) is 66.8 Å². The Bertz CT molecular complexity index is 550. The number of carboxylic acids is 1. The molecular weight excluding hydrogens is 317 g/mol. The lowest BCUT2D eigenvalue weighted by Crippen LogP contribution is -2.44. The van der Waals surface area contributed by atoms with Crippen LogP contribution >= 0.6 is 23.2 Å². The van der Waals surface area contributed by atoms with E-state index in [-0.39, 0.29) is 19.1 Å². The summed E-state index contributed by atoms with van der Waals surface area (Å²) in [4.78, 5) is 24.6. The lowest BCUT2D eigenvalue weighted by Gasteiger charge is -2.30. The van der Waals surface area contributed by atoms with Gasteiger partial charge in [0.2, 0.25) is 0 Å². The minimum atomic E-state index is -0.869. The predicted octanol–water partition coefficient (Wildman–Crippen LogP) is 2.70. The Morgan fingerprint density at radius 3 is 2.86 bits per heavy atom. The maximum absolute atomic E-state index is 12.1. The van der Waals surface area contributed by atoms with Gasteiger partial charge in [0.25, 0.3) is 5.91 Å². The first-order valence-electron chi connectivity index (χ1n) is 6.56. The molecule has 2 rings (SSSR count). The van der Waals surface area contributed by atoms with Crippen LogP contribution in [0.25, 0.3) is 0 Å². The number of carboxylic acid groups (broad SMARTS) is 1. The van der Waals surface area contributed by atoms with Crippen molar-refractivity contribution >= 4 is 35.1 Å². The van der Waals surface area contributed by atoms with Gasteiger partial charge in [-0.1, -0.05) is 23.2 Å². The summed E-state index contributed by atoms with van der Waals surface area (Å²) in [5, 5.41) is 9.84. The summed E-state index contributed by atoms with van der Waals surface area (Å²) in [6.45, 7) is 0.586. The van der Waals surface area contributed by atoms with Gasteiger partial charge >= 0.3 is 5.97 Å². The molecule has 0 aliphatic carbocycles. The number of halogens is 2. The van der Waals surface area contributed by atoms with Crippen molar-refractivity contribution in [3.05, 3.63) is 28.2 Å². The summed E-state index contributed by atoms with van der Waals surface area (Å²) >= 11 is 11.8. The SMILES string of the molecule is O=C(O)C1CCCN(C(=O)COc2cc(Cl)ccc2Cl)C1. The maximum atomic E-state index is 12.1. The van der Waals surface area contributed by atoms with Gasteiger partial charge < -0.3 is 14.7 Å². The highest BCUT2D eigenvalue weighted by Crippen LogP contribution is 2.27. The number of aliphatic carboxylic acids is 1. The molecule has 5 nitrogen and oxygen atoms in total. The highest BCUT2D eigenvalue weighted by molar-refractivity contribution is 6.34. The Labute approximate surface area is 132 Å².